The molecule has 2 aromatic rings. The van der Waals surface area contributed by atoms with Crippen molar-refractivity contribution in [2.75, 3.05) is 49.1 Å². The number of hydrogen-bond acceptors (Lipinski definition) is 4. The minimum absolute atomic E-state index is 0.200. The second-order valence-corrected chi connectivity index (χ2v) is 12.9. The predicted octanol–water partition coefficient (Wildman–Crippen LogP) is 6.05. The lowest BCUT2D eigenvalue weighted by Crippen LogP contribution is -2.70. The normalized spacial score (nSPS) is 23.1. The van der Waals surface area contributed by atoms with E-state index in [0.717, 1.165) is 11.1 Å². The summed E-state index contributed by atoms with van der Waals surface area (Å²) >= 11 is 0. The maximum absolute atomic E-state index is 15.0. The van der Waals surface area contributed by atoms with Crippen molar-refractivity contribution in [3.05, 3.63) is 110 Å². The van der Waals surface area contributed by atoms with Crippen LogP contribution in [0.1, 0.15) is 51.7 Å². The van der Waals surface area contributed by atoms with Gasteiger partial charge in [0.05, 0.1) is 0 Å². The van der Waals surface area contributed by atoms with Gasteiger partial charge in [0.1, 0.15) is 11.8 Å². The number of nitrogens with zero attached hydrogens (tertiary/aromatic N) is 4. The lowest BCUT2D eigenvalue weighted by molar-refractivity contribution is -0.154. The van der Waals surface area contributed by atoms with Crippen molar-refractivity contribution < 1.29 is 19.2 Å². The number of carbonyl (C=O) groups excluding carboxylic acids is 4. The zero-order chi connectivity index (χ0) is 35.2. The van der Waals surface area contributed by atoms with Gasteiger partial charge in [0, 0.05) is 61.5 Å². The Kier molecular flexibility index (Phi) is 11.3. The zero-order valence-corrected chi connectivity index (χ0v) is 29.0. The summed E-state index contributed by atoms with van der Waals surface area (Å²) in [5.74, 6) is -4.07. The molecule has 254 valence electrons. The Labute approximate surface area is 286 Å². The molecule has 2 aliphatic rings. The summed E-state index contributed by atoms with van der Waals surface area (Å²) in [6, 6.07) is 15.2. The number of para-hydroxylation sites is 2. The minimum atomic E-state index is -1.37. The zero-order valence-electron chi connectivity index (χ0n) is 29.0. The smallest absolute Gasteiger partial charge is 0.240 e. The number of hydrogen-bond donors (Lipinski definition) is 0. The molecule has 8 heteroatoms. The number of carbonyl (C=O) groups is 4. The van der Waals surface area contributed by atoms with Gasteiger partial charge < -0.3 is 19.6 Å². The van der Waals surface area contributed by atoms with Crippen molar-refractivity contribution in [3.8, 4) is 0 Å². The Balaban J connectivity index is 2.19. The quantitative estimate of drug-likeness (QED) is 0.174. The van der Waals surface area contributed by atoms with Crippen LogP contribution >= 0.6 is 0 Å². The van der Waals surface area contributed by atoms with Gasteiger partial charge in [-0.1, -0.05) is 88.4 Å². The lowest BCUT2D eigenvalue weighted by atomic mass is 9.46. The van der Waals surface area contributed by atoms with E-state index >= 15 is 9.59 Å². The summed E-state index contributed by atoms with van der Waals surface area (Å²) in [6.45, 7) is 24.9. The molecule has 0 aliphatic carbocycles. The Morgan fingerprint density at radius 2 is 0.958 bits per heavy atom. The number of amides is 4. The van der Waals surface area contributed by atoms with E-state index in [-0.39, 0.29) is 38.0 Å². The fourth-order valence-electron chi connectivity index (χ4n) is 7.92. The van der Waals surface area contributed by atoms with Crippen LogP contribution in [0.2, 0.25) is 0 Å². The Morgan fingerprint density at radius 3 is 1.25 bits per heavy atom. The molecule has 4 atom stereocenters. The molecule has 2 aromatic carbocycles. The maximum atomic E-state index is 15.0. The number of anilines is 2. The van der Waals surface area contributed by atoms with Gasteiger partial charge in [-0.15, -0.1) is 26.3 Å². The van der Waals surface area contributed by atoms with E-state index in [9.17, 15) is 9.59 Å². The van der Waals surface area contributed by atoms with E-state index in [1.165, 1.54) is 0 Å². The molecule has 0 radical (unpaired) electrons. The van der Waals surface area contributed by atoms with Crippen LogP contribution in [-0.4, -0.2) is 72.7 Å². The fourth-order valence-corrected chi connectivity index (χ4v) is 7.92. The molecule has 8 nitrogen and oxygen atoms in total. The highest BCUT2D eigenvalue weighted by Crippen LogP contribution is 2.61. The molecule has 0 saturated carbocycles. The molecule has 2 heterocycles. The minimum Gasteiger partial charge on any atom is -0.335 e. The van der Waals surface area contributed by atoms with Crippen LogP contribution in [0.5, 0.6) is 0 Å². The summed E-state index contributed by atoms with van der Waals surface area (Å²) < 4.78 is 0. The van der Waals surface area contributed by atoms with E-state index in [0.29, 0.717) is 37.3 Å². The van der Waals surface area contributed by atoms with Crippen molar-refractivity contribution in [1.82, 2.24) is 9.80 Å². The van der Waals surface area contributed by atoms with Crippen LogP contribution in [0.3, 0.4) is 0 Å². The topological polar surface area (TPSA) is 81.2 Å². The Hall–Kier alpha value is -4.72. The molecule has 0 N–H and O–H groups in total. The molecule has 4 rings (SSSR count). The van der Waals surface area contributed by atoms with Crippen molar-refractivity contribution in [3.63, 3.8) is 0 Å². The number of rotatable bonds is 15. The van der Waals surface area contributed by atoms with E-state index in [2.05, 4.69) is 26.3 Å². The Bertz CT molecular complexity index is 1460. The molecule has 0 fully saturated rings. The maximum Gasteiger partial charge on any atom is 0.240 e. The molecular formula is C40H50N4O4. The highest BCUT2D eigenvalue weighted by molar-refractivity contribution is 6.15. The number of benzene rings is 2. The summed E-state index contributed by atoms with van der Waals surface area (Å²) in [6.07, 6.45) is 7.85. The van der Waals surface area contributed by atoms with Gasteiger partial charge >= 0.3 is 0 Å². The van der Waals surface area contributed by atoms with Crippen molar-refractivity contribution >= 4 is 35.0 Å². The second-order valence-electron chi connectivity index (χ2n) is 12.9. The molecule has 0 saturated heterocycles. The third kappa shape index (κ3) is 5.71. The average molecular weight is 651 g/mol. The van der Waals surface area contributed by atoms with Gasteiger partial charge in [-0.2, -0.15) is 0 Å². The van der Waals surface area contributed by atoms with Crippen molar-refractivity contribution in [1.29, 1.82) is 0 Å². The van der Waals surface area contributed by atoms with Crippen LogP contribution in [0.4, 0.5) is 11.4 Å². The van der Waals surface area contributed by atoms with Crippen LogP contribution in [0.25, 0.3) is 0 Å². The predicted molar refractivity (Wildman–Crippen MR) is 194 cm³/mol. The Morgan fingerprint density at radius 1 is 0.646 bits per heavy atom. The SMILES string of the molecule is C=CCN(CC=C)C(=O)[C@@H]1C(=O)N(CCC)c2ccccc2[C@@]1(C)[C@]1(C)c2ccccc2N(CCC)C(=O)[C@H]1C(=O)N(CC=C)CC=C. The van der Waals surface area contributed by atoms with Gasteiger partial charge in [-0.25, -0.2) is 0 Å². The first-order valence-electron chi connectivity index (χ1n) is 16.9. The standard InChI is InChI=1S/C40H50N4O4/c1-9-23-41(24-10-2)35(45)33-37(47)43(27-13-5)31-21-17-15-19-29(31)39(33,7)40(8)30-20-16-18-22-32(30)44(28-14-6)38(48)34(40)36(46)42(25-11-3)26-12-4/h9-12,15-22,33-34H,1-4,13-14,23-28H2,5-8H3/t33-,34-,39-,40-/m1/s1. The molecule has 4 amide bonds. The van der Waals surface area contributed by atoms with E-state index in [4.69, 9.17) is 0 Å². The fraction of sp³-hybridized carbons (Fsp3) is 0.400. The van der Waals surface area contributed by atoms with Gasteiger partial charge in [0.15, 0.2) is 0 Å². The van der Waals surface area contributed by atoms with Crippen LogP contribution < -0.4 is 9.80 Å². The molecule has 0 unspecified atom stereocenters. The van der Waals surface area contributed by atoms with Gasteiger partial charge in [0.2, 0.25) is 23.6 Å². The van der Waals surface area contributed by atoms with E-state index in [1.807, 2.05) is 76.2 Å². The third-order valence-electron chi connectivity index (χ3n) is 10.2. The molecule has 0 spiro atoms. The molecule has 0 aromatic heterocycles. The van der Waals surface area contributed by atoms with Crippen LogP contribution in [0.15, 0.2) is 99.2 Å². The summed E-state index contributed by atoms with van der Waals surface area (Å²) in [7, 11) is 0. The first-order valence-corrected chi connectivity index (χ1v) is 16.9. The van der Waals surface area contributed by atoms with Gasteiger partial charge in [0.25, 0.3) is 0 Å². The van der Waals surface area contributed by atoms with E-state index < -0.39 is 34.5 Å². The van der Waals surface area contributed by atoms with Gasteiger partial charge in [-0.3, -0.25) is 19.2 Å². The summed E-state index contributed by atoms with van der Waals surface area (Å²) in [5, 5.41) is 0. The monoisotopic (exact) mass is 650 g/mol. The van der Waals surface area contributed by atoms with Crippen LogP contribution in [0, 0.1) is 11.8 Å². The first kappa shape index (κ1) is 36.1. The first-order chi connectivity index (χ1) is 23.0. The summed E-state index contributed by atoms with van der Waals surface area (Å²) in [4.78, 5) is 66.5. The largest absolute Gasteiger partial charge is 0.335 e. The summed E-state index contributed by atoms with van der Waals surface area (Å²) in [5.41, 5.74) is 0.0792. The molecule has 48 heavy (non-hydrogen) atoms. The van der Waals surface area contributed by atoms with E-state index in [1.54, 1.807) is 43.9 Å². The molecule has 2 aliphatic heterocycles. The molecule has 0 bridgehead atoms. The highest BCUT2D eigenvalue weighted by atomic mass is 16.2. The van der Waals surface area contributed by atoms with Gasteiger partial charge in [-0.05, 0) is 36.1 Å². The lowest BCUT2D eigenvalue weighted by Gasteiger charge is -2.59. The average Bonchev–Trinajstić information content (AvgIpc) is 3.08. The molecular weight excluding hydrogens is 600 g/mol. The van der Waals surface area contributed by atoms with Crippen LogP contribution in [-0.2, 0) is 30.0 Å². The van der Waals surface area contributed by atoms with Crippen molar-refractivity contribution in [2.45, 2.75) is 51.4 Å². The highest BCUT2D eigenvalue weighted by Gasteiger charge is 2.68. The number of fused-ring (bicyclic) bond motifs is 2. The van der Waals surface area contributed by atoms with Crippen molar-refractivity contribution in [2.24, 2.45) is 11.8 Å². The third-order valence-corrected chi connectivity index (χ3v) is 10.2. The second kappa shape index (κ2) is 15.0.